The van der Waals surface area contributed by atoms with Crippen molar-refractivity contribution in [3.8, 4) is 11.5 Å². The number of rotatable bonds is 20. The topological polar surface area (TPSA) is 366 Å². The van der Waals surface area contributed by atoms with Crippen molar-refractivity contribution in [2.45, 2.75) is 42.6 Å². The predicted octanol–water partition coefficient (Wildman–Crippen LogP) is 7.31. The zero-order valence-corrected chi connectivity index (χ0v) is 37.4. The Morgan fingerprint density at radius 1 is 0.697 bits per heavy atom. The monoisotopic (exact) mass is 972 g/mol. The Balaban J connectivity index is 1.69. The van der Waals surface area contributed by atoms with Crippen LogP contribution in [0, 0.1) is 24.0 Å². The summed E-state index contributed by atoms with van der Waals surface area (Å²) >= 11 is 0. The van der Waals surface area contributed by atoms with E-state index >= 15 is 0 Å². The number of phenolic OH excluding ortho intramolecular Hbond substituents is 1. The molecule has 0 aromatic heterocycles. The van der Waals surface area contributed by atoms with Gasteiger partial charge in [0, 0.05) is 28.6 Å². The van der Waals surface area contributed by atoms with Gasteiger partial charge in [0.05, 0.1) is 54.4 Å². The molecule has 5 aromatic rings. The lowest BCUT2D eigenvalue weighted by Gasteiger charge is -2.16. The van der Waals surface area contributed by atoms with Crippen LogP contribution in [0.2, 0.25) is 0 Å². The van der Waals surface area contributed by atoms with Gasteiger partial charge in [-0.2, -0.15) is 40.6 Å². The minimum Gasteiger partial charge on any atom is -0.505 e. The number of azo groups is 3. The molecule has 0 amide bonds. The standard InChI is InChI=1S/C38H36N8O17S3/c1-20-6-29(32(59-3)13-27(20)41-40-25-9-22(15-62-18-47)8-23(10-25)16-63-19-48)43-44-30-14-33(65(55,56)60-4)26-12-34(66(57,58)61-5)37(38(49)35(26)36(30)39)45-42-28-7-21(2)31(46(50)51)11-24(28)17-64(52,53)54/h6-14,18-19,49H,15-17,39H2,1-5H3,(H,52,53,54). The van der Waals surface area contributed by atoms with E-state index in [-0.39, 0.29) is 48.8 Å². The summed E-state index contributed by atoms with van der Waals surface area (Å²) < 4.78 is 111. The molecule has 0 radical (unpaired) electrons. The van der Waals surface area contributed by atoms with Crippen molar-refractivity contribution >= 4 is 99.6 Å². The second-order valence-corrected chi connectivity index (χ2v) is 18.3. The van der Waals surface area contributed by atoms with Gasteiger partial charge >= 0.3 is 0 Å². The van der Waals surface area contributed by atoms with Crippen LogP contribution in [0.5, 0.6) is 11.5 Å². The number of nitro groups is 1. The molecule has 66 heavy (non-hydrogen) atoms. The van der Waals surface area contributed by atoms with Gasteiger partial charge in [-0.05, 0) is 73.0 Å². The van der Waals surface area contributed by atoms with Gasteiger partial charge < -0.3 is 25.1 Å². The number of hydrogen-bond acceptors (Lipinski definition) is 23. The van der Waals surface area contributed by atoms with E-state index in [2.05, 4.69) is 34.9 Å². The third kappa shape index (κ3) is 11.3. The Labute approximate surface area is 374 Å². The fourth-order valence-corrected chi connectivity index (χ4v) is 8.46. The molecule has 5 aromatic carbocycles. The third-order valence-electron chi connectivity index (χ3n) is 9.19. The maximum atomic E-state index is 13.4. The van der Waals surface area contributed by atoms with E-state index in [4.69, 9.17) is 24.1 Å². The molecule has 0 fully saturated rings. The van der Waals surface area contributed by atoms with Gasteiger partial charge in [0.2, 0.25) is 0 Å². The number of hydrogen-bond donors (Lipinski definition) is 3. The highest BCUT2D eigenvalue weighted by molar-refractivity contribution is 7.87. The molecule has 25 nitrogen and oxygen atoms in total. The number of aromatic hydroxyl groups is 1. The highest BCUT2D eigenvalue weighted by Gasteiger charge is 2.30. The molecule has 348 valence electrons. The molecule has 0 spiro atoms. The number of methoxy groups -OCH3 is 1. The molecular weight excluding hydrogens is 937 g/mol. The maximum Gasteiger partial charge on any atom is 0.299 e. The molecule has 0 bridgehead atoms. The van der Waals surface area contributed by atoms with Gasteiger partial charge in [-0.15, -0.1) is 15.3 Å². The third-order valence-corrected chi connectivity index (χ3v) is 12.5. The highest BCUT2D eigenvalue weighted by Crippen LogP contribution is 2.49. The van der Waals surface area contributed by atoms with Crippen molar-refractivity contribution in [2.75, 3.05) is 27.1 Å². The molecular formula is C38H36N8O17S3. The minimum absolute atomic E-state index is 0.0465. The van der Waals surface area contributed by atoms with Gasteiger partial charge in [-0.25, -0.2) is 0 Å². The van der Waals surface area contributed by atoms with Crippen LogP contribution in [-0.4, -0.2) is 74.1 Å². The number of fused-ring (bicyclic) bond motifs is 1. The first-order valence-corrected chi connectivity index (χ1v) is 22.6. The van der Waals surface area contributed by atoms with Gasteiger partial charge in [-0.1, -0.05) is 0 Å². The Morgan fingerprint density at radius 2 is 1.26 bits per heavy atom. The lowest BCUT2D eigenvalue weighted by Crippen LogP contribution is -2.07. The number of ether oxygens (including phenoxy) is 3. The predicted molar refractivity (Wildman–Crippen MR) is 230 cm³/mol. The normalized spacial score (nSPS) is 12.3. The van der Waals surface area contributed by atoms with Crippen LogP contribution in [0.25, 0.3) is 10.8 Å². The van der Waals surface area contributed by atoms with E-state index < -0.39 is 101 Å². The van der Waals surface area contributed by atoms with Gasteiger partial charge in [0.25, 0.3) is 49.0 Å². The summed E-state index contributed by atoms with van der Waals surface area (Å²) in [5.74, 6) is -2.23. The van der Waals surface area contributed by atoms with Crippen LogP contribution in [0.1, 0.15) is 27.8 Å². The number of carbonyl (C=O) groups excluding carboxylic acids is 2. The zero-order chi connectivity index (χ0) is 48.7. The molecule has 0 atom stereocenters. The van der Waals surface area contributed by atoms with E-state index in [9.17, 15) is 54.6 Å². The van der Waals surface area contributed by atoms with E-state index in [0.717, 1.165) is 38.5 Å². The average molecular weight is 973 g/mol. The molecule has 28 heteroatoms. The van der Waals surface area contributed by atoms with E-state index in [1.807, 2.05) is 0 Å². The minimum atomic E-state index is -4.92. The average Bonchev–Trinajstić information content (AvgIpc) is 3.26. The van der Waals surface area contributed by atoms with Crippen LogP contribution in [0.15, 0.2) is 95.1 Å². The Kier molecular flexibility index (Phi) is 15.2. The fourth-order valence-electron chi connectivity index (χ4n) is 6.15. The van der Waals surface area contributed by atoms with Crippen LogP contribution in [-0.2, 0) is 76.7 Å². The van der Waals surface area contributed by atoms with Gasteiger partial charge in [0.1, 0.15) is 51.6 Å². The van der Waals surface area contributed by atoms with Crippen molar-refractivity contribution < 1.29 is 72.0 Å². The highest BCUT2D eigenvalue weighted by atomic mass is 32.2. The molecule has 0 aliphatic rings. The van der Waals surface area contributed by atoms with E-state index in [0.29, 0.717) is 22.4 Å². The number of nitrogens with two attached hydrogens (primary N) is 1. The molecule has 5 rings (SSSR count). The number of nitrogen functional groups attached to an aromatic ring is 1. The smallest absolute Gasteiger partial charge is 0.299 e. The van der Waals surface area contributed by atoms with Crippen LogP contribution in [0.4, 0.5) is 45.5 Å². The number of nitro benzene ring substituents is 1. The van der Waals surface area contributed by atoms with Crippen molar-refractivity contribution in [1.82, 2.24) is 0 Å². The number of nitrogens with zero attached hydrogens (tertiary/aromatic N) is 7. The second-order valence-electron chi connectivity index (χ2n) is 13.5. The largest absolute Gasteiger partial charge is 0.505 e. The first-order valence-electron chi connectivity index (χ1n) is 18.2. The van der Waals surface area contributed by atoms with Gasteiger partial charge in [0.15, 0.2) is 5.75 Å². The molecule has 0 saturated carbocycles. The quantitative estimate of drug-likeness (QED) is 0.0131. The summed E-state index contributed by atoms with van der Waals surface area (Å²) in [5.41, 5.74) is 5.35. The second kappa shape index (κ2) is 20.2. The molecule has 0 saturated heterocycles. The van der Waals surface area contributed by atoms with Crippen LogP contribution in [0.3, 0.4) is 0 Å². The Morgan fingerprint density at radius 3 is 1.82 bits per heavy atom. The Hall–Kier alpha value is -7.37. The zero-order valence-electron chi connectivity index (χ0n) is 34.9. The molecule has 0 heterocycles. The number of carbonyl (C=O) groups is 2. The summed E-state index contributed by atoms with van der Waals surface area (Å²) in [7, 11) is -11.7. The van der Waals surface area contributed by atoms with Crippen molar-refractivity contribution in [2.24, 2.45) is 30.7 Å². The number of benzene rings is 5. The first-order chi connectivity index (χ1) is 31.1. The summed E-state index contributed by atoms with van der Waals surface area (Å²) in [6.07, 6.45) is 0. The summed E-state index contributed by atoms with van der Waals surface area (Å²) in [4.78, 5) is 30.6. The van der Waals surface area contributed by atoms with Crippen molar-refractivity contribution in [3.05, 3.63) is 92.5 Å². The fraction of sp³-hybridized carbons (Fsp3) is 0.211. The van der Waals surface area contributed by atoms with Crippen LogP contribution < -0.4 is 10.5 Å². The first kappa shape index (κ1) is 49.6. The molecule has 0 aliphatic heterocycles. The lowest BCUT2D eigenvalue weighted by atomic mass is 10.0. The summed E-state index contributed by atoms with van der Waals surface area (Å²) in [6.45, 7) is 3.27. The maximum absolute atomic E-state index is 13.4. The molecule has 4 N–H and O–H groups in total. The summed E-state index contributed by atoms with van der Waals surface area (Å²) in [5, 5.41) is 46.9. The number of phenols is 1. The summed E-state index contributed by atoms with van der Waals surface area (Å²) in [6, 6.07) is 11.2. The SMILES string of the molecule is COc1cc(N=Nc2cc(COC=O)cc(COC=O)c2)c(C)cc1N=Nc1cc(S(=O)(=O)OC)c2cc(S(=O)(=O)OC)c(N=Nc3cc(C)c([N+](=O)[O-])cc3CS(=O)(=O)O)c(O)c2c1N. The van der Waals surface area contributed by atoms with Crippen LogP contribution >= 0.6 is 0 Å². The molecule has 0 aliphatic carbocycles. The number of aryl methyl sites for hydroxylation is 2. The lowest BCUT2D eigenvalue weighted by molar-refractivity contribution is -0.385. The van der Waals surface area contributed by atoms with E-state index in [1.54, 1.807) is 25.1 Å². The van der Waals surface area contributed by atoms with E-state index in [1.165, 1.54) is 26.2 Å². The Bertz CT molecular complexity index is 3190. The molecule has 0 unspecified atom stereocenters. The van der Waals surface area contributed by atoms with Crippen molar-refractivity contribution in [3.63, 3.8) is 0 Å². The number of anilines is 1. The van der Waals surface area contributed by atoms with Gasteiger partial charge in [-0.3, -0.25) is 32.6 Å². The van der Waals surface area contributed by atoms with Crippen molar-refractivity contribution in [1.29, 1.82) is 0 Å².